The van der Waals surface area contributed by atoms with Gasteiger partial charge in [0.1, 0.15) is 11.5 Å². The molecule has 0 amide bonds. The molecular formula is C14H22ClNO3. The average molecular weight is 288 g/mol. The lowest BCUT2D eigenvalue weighted by molar-refractivity contribution is 0.143. The first kappa shape index (κ1) is 16.1. The SMILES string of the molecule is COc1cc(OC)c(C(C(C)CO)N(C)C)cc1Cl. The summed E-state index contributed by atoms with van der Waals surface area (Å²) in [6.07, 6.45) is 0. The minimum absolute atomic E-state index is 0.0170. The van der Waals surface area contributed by atoms with Crippen LogP contribution in [0.5, 0.6) is 11.5 Å². The summed E-state index contributed by atoms with van der Waals surface area (Å²) in [6.45, 7) is 2.08. The summed E-state index contributed by atoms with van der Waals surface area (Å²) in [5.74, 6) is 1.35. The van der Waals surface area contributed by atoms with Crippen LogP contribution in [0.2, 0.25) is 5.02 Å². The number of hydrogen-bond acceptors (Lipinski definition) is 4. The molecule has 1 N–H and O–H groups in total. The number of ether oxygens (including phenoxy) is 2. The Balaban J connectivity index is 3.33. The third-order valence-electron chi connectivity index (χ3n) is 3.21. The molecule has 0 bridgehead atoms. The van der Waals surface area contributed by atoms with E-state index >= 15 is 0 Å². The van der Waals surface area contributed by atoms with Crippen LogP contribution < -0.4 is 9.47 Å². The van der Waals surface area contributed by atoms with Gasteiger partial charge in [0, 0.05) is 24.3 Å². The lowest BCUT2D eigenvalue weighted by atomic mass is 9.93. The Morgan fingerprint density at radius 2 is 1.79 bits per heavy atom. The normalized spacial score (nSPS) is 14.3. The summed E-state index contributed by atoms with van der Waals surface area (Å²) in [7, 11) is 7.12. The molecular weight excluding hydrogens is 266 g/mol. The van der Waals surface area contributed by atoms with E-state index in [2.05, 4.69) is 0 Å². The summed E-state index contributed by atoms with van der Waals surface area (Å²) in [5.41, 5.74) is 0.944. The fraction of sp³-hybridized carbons (Fsp3) is 0.571. The maximum atomic E-state index is 9.42. The average Bonchev–Trinajstić information content (AvgIpc) is 2.38. The van der Waals surface area contributed by atoms with E-state index < -0.39 is 0 Å². The molecule has 0 radical (unpaired) electrons. The molecule has 0 saturated heterocycles. The van der Waals surface area contributed by atoms with Gasteiger partial charge in [-0.25, -0.2) is 0 Å². The minimum atomic E-state index is 0.0170. The third kappa shape index (κ3) is 3.53. The summed E-state index contributed by atoms with van der Waals surface area (Å²) in [6, 6.07) is 3.64. The van der Waals surface area contributed by atoms with Crippen LogP contribution in [-0.4, -0.2) is 44.9 Å². The summed E-state index contributed by atoms with van der Waals surface area (Å²) >= 11 is 6.19. The number of halogens is 1. The standard InChI is InChI=1S/C14H22ClNO3/c1-9(8-17)14(16(2)3)10-6-11(15)13(19-5)7-12(10)18-4/h6-7,9,14,17H,8H2,1-5H3. The van der Waals surface area contributed by atoms with Crippen LogP contribution >= 0.6 is 11.6 Å². The van der Waals surface area contributed by atoms with Gasteiger partial charge in [-0.15, -0.1) is 0 Å². The second-order valence-electron chi connectivity index (χ2n) is 4.80. The predicted octanol–water partition coefficient (Wildman–Crippen LogP) is 2.59. The van der Waals surface area contributed by atoms with Crippen molar-refractivity contribution in [3.8, 4) is 11.5 Å². The first-order valence-electron chi connectivity index (χ1n) is 6.14. The Morgan fingerprint density at radius 3 is 2.21 bits per heavy atom. The highest BCUT2D eigenvalue weighted by Gasteiger charge is 2.25. The van der Waals surface area contributed by atoms with Crippen LogP contribution in [0.4, 0.5) is 0 Å². The van der Waals surface area contributed by atoms with Crippen molar-refractivity contribution in [1.82, 2.24) is 4.90 Å². The molecule has 0 aliphatic carbocycles. The quantitative estimate of drug-likeness (QED) is 0.873. The van der Waals surface area contributed by atoms with Gasteiger partial charge in [0.25, 0.3) is 0 Å². The smallest absolute Gasteiger partial charge is 0.141 e. The minimum Gasteiger partial charge on any atom is -0.496 e. The molecule has 0 aliphatic heterocycles. The van der Waals surface area contributed by atoms with E-state index in [0.29, 0.717) is 16.5 Å². The Morgan fingerprint density at radius 1 is 1.21 bits per heavy atom. The number of rotatable bonds is 6. The van der Waals surface area contributed by atoms with Gasteiger partial charge < -0.3 is 19.5 Å². The van der Waals surface area contributed by atoms with Gasteiger partial charge in [-0.2, -0.15) is 0 Å². The Labute approximate surface area is 119 Å². The molecule has 0 aromatic heterocycles. The van der Waals surface area contributed by atoms with Gasteiger partial charge in [0.15, 0.2) is 0 Å². The first-order valence-corrected chi connectivity index (χ1v) is 6.52. The van der Waals surface area contributed by atoms with Crippen molar-refractivity contribution in [1.29, 1.82) is 0 Å². The zero-order valence-corrected chi connectivity index (χ0v) is 12.9. The Hall–Kier alpha value is -0.970. The molecule has 1 aromatic carbocycles. The molecule has 2 atom stereocenters. The lowest BCUT2D eigenvalue weighted by Crippen LogP contribution is -2.28. The number of aliphatic hydroxyl groups excluding tert-OH is 1. The molecule has 1 aromatic rings. The maximum absolute atomic E-state index is 9.42. The number of aliphatic hydroxyl groups is 1. The van der Waals surface area contributed by atoms with Crippen LogP contribution in [0.15, 0.2) is 12.1 Å². The van der Waals surface area contributed by atoms with Gasteiger partial charge in [-0.3, -0.25) is 0 Å². The van der Waals surface area contributed by atoms with Crippen molar-refractivity contribution >= 4 is 11.6 Å². The van der Waals surface area contributed by atoms with Gasteiger partial charge in [-0.05, 0) is 26.1 Å². The number of nitrogens with zero attached hydrogens (tertiary/aromatic N) is 1. The van der Waals surface area contributed by atoms with Crippen LogP contribution in [0.1, 0.15) is 18.5 Å². The van der Waals surface area contributed by atoms with Crippen LogP contribution in [-0.2, 0) is 0 Å². The fourth-order valence-electron chi connectivity index (χ4n) is 2.31. The molecule has 0 aliphatic rings. The van der Waals surface area contributed by atoms with E-state index in [4.69, 9.17) is 21.1 Å². The number of hydrogen-bond donors (Lipinski definition) is 1. The van der Waals surface area contributed by atoms with E-state index in [1.165, 1.54) is 0 Å². The van der Waals surface area contributed by atoms with E-state index in [1.807, 2.05) is 32.0 Å². The van der Waals surface area contributed by atoms with Crippen molar-refractivity contribution in [3.63, 3.8) is 0 Å². The molecule has 4 nitrogen and oxygen atoms in total. The van der Waals surface area contributed by atoms with Crippen LogP contribution in [0.25, 0.3) is 0 Å². The zero-order valence-electron chi connectivity index (χ0n) is 12.1. The topological polar surface area (TPSA) is 41.9 Å². The molecule has 0 heterocycles. The van der Waals surface area contributed by atoms with E-state index in [1.54, 1.807) is 20.3 Å². The molecule has 1 rings (SSSR count). The number of benzene rings is 1. The van der Waals surface area contributed by atoms with Crippen molar-refractivity contribution in [3.05, 3.63) is 22.7 Å². The van der Waals surface area contributed by atoms with Gasteiger partial charge in [0.2, 0.25) is 0 Å². The fourth-order valence-corrected chi connectivity index (χ4v) is 2.56. The second-order valence-corrected chi connectivity index (χ2v) is 5.20. The van der Waals surface area contributed by atoms with Crippen molar-refractivity contribution in [2.24, 2.45) is 5.92 Å². The maximum Gasteiger partial charge on any atom is 0.141 e. The van der Waals surface area contributed by atoms with Crippen LogP contribution in [0, 0.1) is 5.92 Å². The van der Waals surface area contributed by atoms with Gasteiger partial charge in [0.05, 0.1) is 19.2 Å². The number of methoxy groups -OCH3 is 2. The molecule has 108 valence electrons. The van der Waals surface area contributed by atoms with Crippen molar-refractivity contribution < 1.29 is 14.6 Å². The zero-order chi connectivity index (χ0) is 14.6. The monoisotopic (exact) mass is 287 g/mol. The molecule has 0 spiro atoms. The summed E-state index contributed by atoms with van der Waals surface area (Å²) in [5, 5.41) is 9.96. The highest BCUT2D eigenvalue weighted by molar-refractivity contribution is 6.32. The Bertz CT molecular complexity index is 423. The second kappa shape index (κ2) is 6.98. The molecule has 19 heavy (non-hydrogen) atoms. The van der Waals surface area contributed by atoms with Gasteiger partial charge in [-0.1, -0.05) is 18.5 Å². The molecule has 0 saturated carbocycles. The third-order valence-corrected chi connectivity index (χ3v) is 3.50. The van der Waals surface area contributed by atoms with Crippen molar-refractivity contribution in [2.75, 3.05) is 34.9 Å². The largest absolute Gasteiger partial charge is 0.496 e. The molecule has 0 fully saturated rings. The predicted molar refractivity (Wildman–Crippen MR) is 77.2 cm³/mol. The van der Waals surface area contributed by atoms with Crippen LogP contribution in [0.3, 0.4) is 0 Å². The summed E-state index contributed by atoms with van der Waals surface area (Å²) < 4.78 is 10.6. The lowest BCUT2D eigenvalue weighted by Gasteiger charge is -2.31. The highest BCUT2D eigenvalue weighted by atomic mass is 35.5. The molecule has 5 heteroatoms. The Kier molecular flexibility index (Phi) is 5.91. The molecule has 2 unspecified atom stereocenters. The first-order chi connectivity index (χ1) is 8.96. The summed E-state index contributed by atoms with van der Waals surface area (Å²) in [4.78, 5) is 2.04. The van der Waals surface area contributed by atoms with Crippen molar-refractivity contribution in [2.45, 2.75) is 13.0 Å². The van der Waals surface area contributed by atoms with Gasteiger partial charge >= 0.3 is 0 Å². The van der Waals surface area contributed by atoms with E-state index in [-0.39, 0.29) is 18.6 Å². The van der Waals surface area contributed by atoms with E-state index in [0.717, 1.165) is 5.56 Å². The highest BCUT2D eigenvalue weighted by Crippen LogP contribution is 2.39. The van der Waals surface area contributed by atoms with E-state index in [9.17, 15) is 5.11 Å².